The molecule has 0 bridgehead atoms. The van der Waals surface area contributed by atoms with E-state index in [-0.39, 0.29) is 11.7 Å². The van der Waals surface area contributed by atoms with Crippen LogP contribution < -0.4 is 4.90 Å². The molecule has 0 spiro atoms. The Bertz CT molecular complexity index is 940. The van der Waals surface area contributed by atoms with Crippen molar-refractivity contribution < 1.29 is 9.18 Å². The van der Waals surface area contributed by atoms with Crippen molar-refractivity contribution in [1.29, 1.82) is 0 Å². The second kappa shape index (κ2) is 10.1. The zero-order valence-corrected chi connectivity index (χ0v) is 17.8. The fourth-order valence-corrected chi connectivity index (χ4v) is 3.36. The Morgan fingerprint density at radius 3 is 2.23 bits per heavy atom. The number of benzene rings is 2. The predicted molar refractivity (Wildman–Crippen MR) is 119 cm³/mol. The van der Waals surface area contributed by atoms with E-state index in [4.69, 9.17) is 0 Å². The monoisotopic (exact) mass is 405 g/mol. The first kappa shape index (κ1) is 21.7. The fourth-order valence-electron chi connectivity index (χ4n) is 3.36. The zero-order chi connectivity index (χ0) is 21.5. The highest BCUT2D eigenvalue weighted by Gasteiger charge is 2.19. The summed E-state index contributed by atoms with van der Waals surface area (Å²) in [7, 11) is 0. The van der Waals surface area contributed by atoms with E-state index in [1.807, 2.05) is 42.5 Å². The Morgan fingerprint density at radius 1 is 0.967 bits per heavy atom. The second-order valence-corrected chi connectivity index (χ2v) is 7.54. The maximum atomic E-state index is 13.4. The molecule has 0 aliphatic carbocycles. The molecular weight excluding hydrogens is 377 g/mol. The Kier molecular flexibility index (Phi) is 7.31. The van der Waals surface area contributed by atoms with E-state index < -0.39 is 0 Å². The van der Waals surface area contributed by atoms with Crippen LogP contribution in [0.4, 0.5) is 10.1 Å². The molecule has 4 nitrogen and oxygen atoms in total. The van der Waals surface area contributed by atoms with Gasteiger partial charge in [0.05, 0.1) is 12.2 Å². The average Bonchev–Trinajstić information content (AvgIpc) is 2.77. The highest BCUT2D eigenvalue weighted by atomic mass is 19.1. The van der Waals surface area contributed by atoms with Crippen LogP contribution in [0.1, 0.15) is 42.4 Å². The molecule has 0 fully saturated rings. The van der Waals surface area contributed by atoms with Gasteiger partial charge in [-0.05, 0) is 74.5 Å². The third kappa shape index (κ3) is 5.51. The van der Waals surface area contributed by atoms with Crippen LogP contribution in [0.3, 0.4) is 0 Å². The average molecular weight is 406 g/mol. The van der Waals surface area contributed by atoms with Gasteiger partial charge in [0.25, 0.3) is 5.91 Å². The molecule has 5 heteroatoms. The van der Waals surface area contributed by atoms with Crippen LogP contribution in [0.2, 0.25) is 0 Å². The van der Waals surface area contributed by atoms with Gasteiger partial charge in [0, 0.05) is 30.0 Å². The van der Waals surface area contributed by atoms with Gasteiger partial charge in [0.2, 0.25) is 0 Å². The predicted octanol–water partition coefficient (Wildman–Crippen LogP) is 5.30. The maximum absolute atomic E-state index is 13.4. The molecule has 156 valence electrons. The van der Waals surface area contributed by atoms with E-state index >= 15 is 0 Å². The van der Waals surface area contributed by atoms with Gasteiger partial charge in [-0.25, -0.2) is 4.39 Å². The quantitative estimate of drug-likeness (QED) is 0.510. The third-order valence-electron chi connectivity index (χ3n) is 5.15. The standard InChI is InChI=1S/C25H28FN3O/c1-4-28(19(2)3)17-20-8-10-21(11-9-20)25(30)29(18-23-7-5-6-16-27-23)24-14-12-22(26)13-15-24/h5-16,19H,4,17-18H2,1-3H3. The van der Waals surface area contributed by atoms with Crippen LogP contribution in [-0.4, -0.2) is 28.4 Å². The summed E-state index contributed by atoms with van der Waals surface area (Å²) in [5.41, 5.74) is 3.15. The highest BCUT2D eigenvalue weighted by Crippen LogP contribution is 2.21. The third-order valence-corrected chi connectivity index (χ3v) is 5.15. The van der Waals surface area contributed by atoms with E-state index in [2.05, 4.69) is 30.7 Å². The summed E-state index contributed by atoms with van der Waals surface area (Å²) in [6.45, 7) is 8.64. The zero-order valence-electron chi connectivity index (χ0n) is 17.8. The summed E-state index contributed by atoms with van der Waals surface area (Å²) in [6, 6.07) is 19.7. The molecule has 0 unspecified atom stereocenters. The van der Waals surface area contributed by atoms with Crippen LogP contribution >= 0.6 is 0 Å². The lowest BCUT2D eigenvalue weighted by atomic mass is 10.1. The number of nitrogens with zero attached hydrogens (tertiary/aromatic N) is 3. The summed E-state index contributed by atoms with van der Waals surface area (Å²) in [4.78, 5) is 21.7. The van der Waals surface area contributed by atoms with Crippen molar-refractivity contribution >= 4 is 11.6 Å². The minimum absolute atomic E-state index is 0.144. The lowest BCUT2D eigenvalue weighted by Crippen LogP contribution is -2.31. The normalized spacial score (nSPS) is 11.1. The van der Waals surface area contributed by atoms with E-state index in [9.17, 15) is 9.18 Å². The van der Waals surface area contributed by atoms with Gasteiger partial charge < -0.3 is 4.90 Å². The van der Waals surface area contributed by atoms with Crippen molar-refractivity contribution in [3.05, 3.63) is 95.6 Å². The number of carbonyl (C=O) groups excluding carboxylic acids is 1. The van der Waals surface area contributed by atoms with E-state index in [1.165, 1.54) is 17.7 Å². The Balaban J connectivity index is 1.84. The van der Waals surface area contributed by atoms with Crippen LogP contribution in [0, 0.1) is 5.82 Å². The van der Waals surface area contributed by atoms with Gasteiger partial charge >= 0.3 is 0 Å². The molecule has 1 amide bonds. The van der Waals surface area contributed by atoms with Gasteiger partial charge in [-0.1, -0.05) is 25.1 Å². The van der Waals surface area contributed by atoms with E-state index in [0.29, 0.717) is 23.8 Å². The largest absolute Gasteiger partial charge is 0.302 e. The Hall–Kier alpha value is -3.05. The molecule has 0 atom stereocenters. The maximum Gasteiger partial charge on any atom is 0.258 e. The van der Waals surface area contributed by atoms with E-state index in [0.717, 1.165) is 18.8 Å². The van der Waals surface area contributed by atoms with Crippen molar-refractivity contribution in [2.75, 3.05) is 11.4 Å². The molecule has 3 aromatic rings. The summed E-state index contributed by atoms with van der Waals surface area (Å²) >= 11 is 0. The van der Waals surface area contributed by atoms with Gasteiger partial charge in [0.15, 0.2) is 0 Å². The van der Waals surface area contributed by atoms with Crippen molar-refractivity contribution in [1.82, 2.24) is 9.88 Å². The number of anilines is 1. The first-order chi connectivity index (χ1) is 14.5. The number of hydrogen-bond acceptors (Lipinski definition) is 3. The topological polar surface area (TPSA) is 36.4 Å². The van der Waals surface area contributed by atoms with Gasteiger partial charge in [-0.3, -0.25) is 14.7 Å². The minimum Gasteiger partial charge on any atom is -0.302 e. The lowest BCUT2D eigenvalue weighted by molar-refractivity contribution is 0.0984. The summed E-state index contributed by atoms with van der Waals surface area (Å²) < 4.78 is 13.4. The van der Waals surface area contributed by atoms with Crippen molar-refractivity contribution in [3.63, 3.8) is 0 Å². The first-order valence-corrected chi connectivity index (χ1v) is 10.3. The number of carbonyl (C=O) groups is 1. The number of aromatic nitrogens is 1. The fraction of sp³-hybridized carbons (Fsp3) is 0.280. The number of rotatable bonds is 8. The molecule has 0 N–H and O–H groups in total. The highest BCUT2D eigenvalue weighted by molar-refractivity contribution is 6.06. The lowest BCUT2D eigenvalue weighted by Gasteiger charge is -2.25. The van der Waals surface area contributed by atoms with Crippen LogP contribution in [0.15, 0.2) is 72.9 Å². The second-order valence-electron chi connectivity index (χ2n) is 7.54. The smallest absolute Gasteiger partial charge is 0.258 e. The number of pyridine rings is 1. The molecule has 0 radical (unpaired) electrons. The Morgan fingerprint density at radius 2 is 1.67 bits per heavy atom. The summed E-state index contributed by atoms with van der Waals surface area (Å²) in [5, 5.41) is 0. The first-order valence-electron chi connectivity index (χ1n) is 10.3. The molecule has 0 aliphatic rings. The van der Waals surface area contributed by atoms with Gasteiger partial charge in [-0.15, -0.1) is 0 Å². The molecule has 0 saturated carbocycles. The van der Waals surface area contributed by atoms with Gasteiger partial charge in [0.1, 0.15) is 5.82 Å². The molecule has 0 saturated heterocycles. The summed E-state index contributed by atoms with van der Waals surface area (Å²) in [6.07, 6.45) is 1.70. The van der Waals surface area contributed by atoms with Crippen molar-refractivity contribution in [2.24, 2.45) is 0 Å². The Labute approximate surface area is 178 Å². The molecule has 1 heterocycles. The minimum atomic E-state index is -0.334. The molecule has 1 aromatic heterocycles. The van der Waals surface area contributed by atoms with Crippen molar-refractivity contribution in [2.45, 2.75) is 39.9 Å². The molecular formula is C25H28FN3O. The van der Waals surface area contributed by atoms with Crippen molar-refractivity contribution in [3.8, 4) is 0 Å². The van der Waals surface area contributed by atoms with E-state index in [1.54, 1.807) is 23.2 Å². The molecule has 2 aromatic carbocycles. The molecule has 0 aliphatic heterocycles. The SMILES string of the molecule is CCN(Cc1ccc(C(=O)N(Cc2ccccn2)c2ccc(F)cc2)cc1)C(C)C. The van der Waals surface area contributed by atoms with Crippen LogP contribution in [0.5, 0.6) is 0 Å². The van der Waals surface area contributed by atoms with Crippen LogP contribution in [0.25, 0.3) is 0 Å². The number of hydrogen-bond donors (Lipinski definition) is 0. The molecule has 30 heavy (non-hydrogen) atoms. The molecule has 3 rings (SSSR count). The number of amides is 1. The summed E-state index contributed by atoms with van der Waals surface area (Å²) in [5.74, 6) is -0.478. The van der Waals surface area contributed by atoms with Crippen LogP contribution in [-0.2, 0) is 13.1 Å². The number of halogens is 1. The van der Waals surface area contributed by atoms with Gasteiger partial charge in [-0.2, -0.15) is 0 Å².